The largest absolute Gasteiger partial charge is 0.356 e. The summed E-state index contributed by atoms with van der Waals surface area (Å²) in [5.41, 5.74) is 2.15. The maximum Gasteiger partial charge on any atom is 0.260 e. The van der Waals surface area contributed by atoms with Crippen LogP contribution in [-0.2, 0) is 9.59 Å². The van der Waals surface area contributed by atoms with Crippen molar-refractivity contribution in [2.24, 2.45) is 0 Å². The second kappa shape index (κ2) is 2.17. The average molecular weight is 194 g/mol. The van der Waals surface area contributed by atoms with E-state index < -0.39 is 0 Å². The molecule has 4 nitrogen and oxygen atoms in total. The van der Waals surface area contributed by atoms with Gasteiger partial charge in [0.2, 0.25) is 0 Å². The van der Waals surface area contributed by atoms with Crippen molar-refractivity contribution in [3.8, 4) is 0 Å². The maximum atomic E-state index is 11.3. The van der Waals surface area contributed by atoms with E-state index in [0.29, 0.717) is 17.7 Å². The molecule has 0 aromatic carbocycles. The normalized spacial score (nSPS) is 24.9. The van der Waals surface area contributed by atoms with Gasteiger partial charge in [-0.25, -0.2) is 0 Å². The minimum atomic E-state index is -0.240. The molecule has 0 radical (unpaired) electrons. The van der Waals surface area contributed by atoms with Crippen LogP contribution in [0.1, 0.15) is 0 Å². The zero-order chi connectivity index (χ0) is 9.00. The van der Waals surface area contributed by atoms with Crippen LogP contribution in [-0.4, -0.2) is 29.1 Å². The summed E-state index contributed by atoms with van der Waals surface area (Å²) in [4.78, 5) is 24.6. The van der Waals surface area contributed by atoms with E-state index >= 15 is 0 Å². The third-order valence-electron chi connectivity index (χ3n) is 2.40. The first-order chi connectivity index (χ1) is 6.27. The highest BCUT2D eigenvalue weighted by molar-refractivity contribution is 8.02. The molecule has 13 heavy (non-hydrogen) atoms. The Balaban J connectivity index is 2.15. The van der Waals surface area contributed by atoms with Crippen molar-refractivity contribution >= 4 is 23.6 Å². The monoisotopic (exact) mass is 194 g/mol. The summed E-state index contributed by atoms with van der Waals surface area (Å²) < 4.78 is 0. The zero-order valence-corrected chi connectivity index (χ0v) is 7.48. The smallest absolute Gasteiger partial charge is 0.260 e. The Kier molecular flexibility index (Phi) is 1.20. The highest BCUT2D eigenvalue weighted by atomic mass is 32.2. The highest BCUT2D eigenvalue weighted by Crippen LogP contribution is 2.38. The second-order valence-corrected chi connectivity index (χ2v) is 3.96. The van der Waals surface area contributed by atoms with Gasteiger partial charge in [-0.3, -0.25) is 14.9 Å². The predicted octanol–water partition coefficient (Wildman–Crippen LogP) is -0.199. The van der Waals surface area contributed by atoms with Gasteiger partial charge in [-0.15, -0.1) is 11.8 Å². The Hall–Kier alpha value is -1.23. The molecular weight excluding hydrogens is 188 g/mol. The minimum absolute atomic E-state index is 0.222. The molecule has 0 fully saturated rings. The number of hydrogen-bond acceptors (Lipinski definition) is 4. The van der Waals surface area contributed by atoms with Gasteiger partial charge in [0, 0.05) is 0 Å². The van der Waals surface area contributed by atoms with Crippen molar-refractivity contribution in [2.45, 2.75) is 0 Å². The van der Waals surface area contributed by atoms with Gasteiger partial charge in [0.1, 0.15) is 0 Å². The van der Waals surface area contributed by atoms with Crippen LogP contribution in [0.25, 0.3) is 0 Å². The number of carbonyl (C=O) groups excluding carboxylic acids is 2. The number of imide groups is 1. The fourth-order valence-electron chi connectivity index (χ4n) is 1.80. The van der Waals surface area contributed by atoms with Crippen LogP contribution in [0, 0.1) is 0 Å². The summed E-state index contributed by atoms with van der Waals surface area (Å²) in [6.07, 6.45) is 0. The number of fused-ring (bicyclic) bond motifs is 2. The van der Waals surface area contributed by atoms with Crippen LogP contribution in [0.3, 0.4) is 0 Å². The first kappa shape index (κ1) is 7.20. The Morgan fingerprint density at radius 1 is 1.38 bits per heavy atom. The number of thioether (sulfide) groups is 1. The first-order valence-electron chi connectivity index (χ1n) is 3.93. The fourth-order valence-corrected chi connectivity index (χ4v) is 2.71. The van der Waals surface area contributed by atoms with Gasteiger partial charge in [-0.2, -0.15) is 0 Å². The van der Waals surface area contributed by atoms with Crippen molar-refractivity contribution in [3.05, 3.63) is 22.3 Å². The van der Waals surface area contributed by atoms with E-state index in [-0.39, 0.29) is 11.8 Å². The quantitative estimate of drug-likeness (QED) is 0.543. The highest BCUT2D eigenvalue weighted by Gasteiger charge is 2.41. The molecule has 0 saturated carbocycles. The van der Waals surface area contributed by atoms with E-state index in [2.05, 4.69) is 5.32 Å². The van der Waals surface area contributed by atoms with E-state index in [1.807, 2.05) is 10.3 Å². The lowest BCUT2D eigenvalue weighted by Crippen LogP contribution is -2.30. The Morgan fingerprint density at radius 3 is 3.08 bits per heavy atom. The fraction of sp³-hybridized carbons (Fsp3) is 0.250. The van der Waals surface area contributed by atoms with Crippen LogP contribution in [0.5, 0.6) is 0 Å². The van der Waals surface area contributed by atoms with Gasteiger partial charge < -0.3 is 4.90 Å². The lowest BCUT2D eigenvalue weighted by atomic mass is 10.2. The number of carbonyl (C=O) groups is 2. The molecule has 0 aromatic heterocycles. The van der Waals surface area contributed by atoms with Gasteiger partial charge in [-0.1, -0.05) is 0 Å². The number of nitrogens with zero attached hydrogens (tertiary/aromatic N) is 1. The van der Waals surface area contributed by atoms with Crippen molar-refractivity contribution in [2.75, 3.05) is 12.4 Å². The summed E-state index contributed by atoms with van der Waals surface area (Å²) in [7, 11) is 0. The van der Waals surface area contributed by atoms with Crippen molar-refractivity contribution in [1.82, 2.24) is 10.2 Å². The Bertz CT molecular complexity index is 397. The molecule has 3 aliphatic heterocycles. The predicted molar refractivity (Wildman–Crippen MR) is 47.4 cm³/mol. The van der Waals surface area contributed by atoms with Crippen molar-refractivity contribution < 1.29 is 9.59 Å². The van der Waals surface area contributed by atoms with Crippen LogP contribution in [0.15, 0.2) is 22.3 Å². The SMILES string of the molecule is O=C1NC(=O)C2=C1CN1CSC=C21. The Morgan fingerprint density at radius 2 is 2.23 bits per heavy atom. The molecule has 1 N–H and O–H groups in total. The number of hydrogen-bond donors (Lipinski definition) is 1. The van der Waals surface area contributed by atoms with E-state index in [1.54, 1.807) is 11.8 Å². The maximum absolute atomic E-state index is 11.3. The minimum Gasteiger partial charge on any atom is -0.356 e. The second-order valence-electron chi connectivity index (χ2n) is 3.13. The summed E-state index contributed by atoms with van der Waals surface area (Å²) >= 11 is 1.66. The Labute approximate surface area is 78.7 Å². The van der Waals surface area contributed by atoms with Crippen molar-refractivity contribution in [3.63, 3.8) is 0 Å². The molecule has 0 saturated heterocycles. The lowest BCUT2D eigenvalue weighted by Gasteiger charge is -2.14. The molecule has 2 amide bonds. The molecule has 0 aromatic rings. The van der Waals surface area contributed by atoms with E-state index in [0.717, 1.165) is 11.6 Å². The van der Waals surface area contributed by atoms with Crippen LogP contribution < -0.4 is 5.32 Å². The van der Waals surface area contributed by atoms with Gasteiger partial charge in [0.15, 0.2) is 0 Å². The summed E-state index contributed by atoms with van der Waals surface area (Å²) in [6.45, 7) is 0.589. The summed E-state index contributed by atoms with van der Waals surface area (Å²) in [5, 5.41) is 4.25. The molecule has 0 bridgehead atoms. The molecule has 5 heteroatoms. The van der Waals surface area contributed by atoms with Gasteiger partial charge >= 0.3 is 0 Å². The topological polar surface area (TPSA) is 49.4 Å². The third kappa shape index (κ3) is 0.771. The number of nitrogens with one attached hydrogen (secondary N) is 1. The summed E-state index contributed by atoms with van der Waals surface area (Å²) in [6, 6.07) is 0. The van der Waals surface area contributed by atoms with Gasteiger partial charge in [0.25, 0.3) is 11.8 Å². The molecule has 3 aliphatic rings. The molecule has 0 spiro atoms. The molecule has 3 rings (SSSR count). The van der Waals surface area contributed by atoms with E-state index in [1.165, 1.54) is 0 Å². The molecule has 0 aliphatic carbocycles. The summed E-state index contributed by atoms with van der Waals surface area (Å²) in [5.74, 6) is 0.389. The van der Waals surface area contributed by atoms with Crippen LogP contribution in [0.2, 0.25) is 0 Å². The first-order valence-corrected chi connectivity index (χ1v) is 4.98. The molecule has 66 valence electrons. The molecule has 0 unspecified atom stereocenters. The van der Waals surface area contributed by atoms with E-state index in [4.69, 9.17) is 0 Å². The third-order valence-corrected chi connectivity index (χ3v) is 3.25. The lowest BCUT2D eigenvalue weighted by molar-refractivity contribution is -0.124. The molecule has 0 atom stereocenters. The van der Waals surface area contributed by atoms with Crippen LogP contribution >= 0.6 is 11.8 Å². The number of amides is 2. The van der Waals surface area contributed by atoms with Crippen molar-refractivity contribution in [1.29, 1.82) is 0 Å². The number of rotatable bonds is 0. The molecular formula is C8H6N2O2S. The zero-order valence-electron chi connectivity index (χ0n) is 6.66. The standard InChI is InChI=1S/C8H6N2O2S/c11-7-4-1-10-3-13-2-5(10)6(4)8(12)9-7/h2H,1,3H2,(H,9,11,12). The average Bonchev–Trinajstić information content (AvgIpc) is 2.63. The van der Waals surface area contributed by atoms with Gasteiger partial charge in [0.05, 0.1) is 29.3 Å². The molecule has 3 heterocycles. The van der Waals surface area contributed by atoms with E-state index in [9.17, 15) is 9.59 Å². The van der Waals surface area contributed by atoms with Gasteiger partial charge in [-0.05, 0) is 5.41 Å². The van der Waals surface area contributed by atoms with Crippen LogP contribution in [0.4, 0.5) is 0 Å².